The van der Waals surface area contributed by atoms with Gasteiger partial charge >= 0.3 is 0 Å². The Hall–Kier alpha value is -1.32. The Balaban J connectivity index is 2.51. The van der Waals surface area contributed by atoms with Crippen molar-refractivity contribution in [2.75, 3.05) is 11.9 Å². The van der Waals surface area contributed by atoms with Crippen molar-refractivity contribution < 1.29 is 4.79 Å². The quantitative estimate of drug-likeness (QED) is 0.882. The smallest absolute Gasteiger partial charge is 0.239 e. The molecule has 7 heteroatoms. The standard InChI is InChI=1S/C10H13ClN4OS/c1-10(2,3)15-7(16)5-13-9-14-8(11)6(4-12)17-9/h5H2,1-3H3,(H,13,14)(H,15,16). The SMILES string of the molecule is CC(C)(C)NC(=O)CNc1nc(Cl)c(C#N)s1. The highest BCUT2D eigenvalue weighted by atomic mass is 35.5. The molecule has 1 amide bonds. The van der Waals surface area contributed by atoms with Gasteiger partial charge < -0.3 is 10.6 Å². The lowest BCUT2D eigenvalue weighted by molar-refractivity contribution is -0.120. The van der Waals surface area contributed by atoms with Crippen LogP contribution >= 0.6 is 22.9 Å². The minimum absolute atomic E-state index is 0.103. The van der Waals surface area contributed by atoms with Gasteiger partial charge in [0.2, 0.25) is 5.91 Å². The highest BCUT2D eigenvalue weighted by molar-refractivity contribution is 7.16. The molecule has 0 aliphatic heterocycles. The molecule has 0 saturated carbocycles. The molecule has 1 rings (SSSR count). The zero-order valence-corrected chi connectivity index (χ0v) is 11.4. The van der Waals surface area contributed by atoms with Gasteiger partial charge in [0.25, 0.3) is 0 Å². The van der Waals surface area contributed by atoms with Crippen molar-refractivity contribution in [1.82, 2.24) is 10.3 Å². The van der Waals surface area contributed by atoms with Gasteiger partial charge in [-0.1, -0.05) is 22.9 Å². The fourth-order valence-corrected chi connectivity index (χ4v) is 2.01. The fraction of sp³-hybridized carbons (Fsp3) is 0.500. The van der Waals surface area contributed by atoms with Crippen LogP contribution in [0.5, 0.6) is 0 Å². The van der Waals surface area contributed by atoms with Gasteiger partial charge in [0.1, 0.15) is 10.9 Å². The van der Waals surface area contributed by atoms with E-state index in [1.165, 1.54) is 0 Å². The molecule has 1 aromatic heterocycles. The highest BCUT2D eigenvalue weighted by Crippen LogP contribution is 2.25. The van der Waals surface area contributed by atoms with E-state index in [4.69, 9.17) is 16.9 Å². The summed E-state index contributed by atoms with van der Waals surface area (Å²) < 4.78 is 0. The molecule has 0 aliphatic carbocycles. The molecule has 92 valence electrons. The number of nitrogens with zero attached hydrogens (tertiary/aromatic N) is 2. The third-order valence-electron chi connectivity index (χ3n) is 1.60. The third-order valence-corrected chi connectivity index (χ3v) is 2.91. The third kappa shape index (κ3) is 4.59. The largest absolute Gasteiger partial charge is 0.352 e. The van der Waals surface area contributed by atoms with E-state index >= 15 is 0 Å². The first-order valence-corrected chi connectivity index (χ1v) is 6.12. The first-order chi connectivity index (χ1) is 7.81. The number of carbonyl (C=O) groups excluding carboxylic acids is 1. The Morgan fingerprint density at radius 2 is 2.24 bits per heavy atom. The van der Waals surface area contributed by atoms with Crippen LogP contribution in [-0.2, 0) is 4.79 Å². The number of nitrogens with one attached hydrogen (secondary N) is 2. The van der Waals surface area contributed by atoms with Gasteiger partial charge in [-0.15, -0.1) is 0 Å². The number of anilines is 1. The Morgan fingerprint density at radius 3 is 2.71 bits per heavy atom. The zero-order chi connectivity index (χ0) is 13.1. The van der Waals surface area contributed by atoms with Crippen LogP contribution in [0, 0.1) is 11.3 Å². The lowest BCUT2D eigenvalue weighted by Crippen LogP contribution is -2.43. The molecule has 0 bridgehead atoms. The number of amides is 1. The average Bonchev–Trinajstić information content (AvgIpc) is 2.53. The average molecular weight is 273 g/mol. The Kier molecular flexibility index (Phi) is 4.32. The Labute approximate surface area is 109 Å². The molecule has 0 radical (unpaired) electrons. The molecular formula is C10H13ClN4OS. The van der Waals surface area contributed by atoms with E-state index in [0.29, 0.717) is 10.0 Å². The maximum atomic E-state index is 11.5. The number of hydrogen-bond donors (Lipinski definition) is 2. The molecule has 0 aromatic carbocycles. The van der Waals surface area contributed by atoms with Crippen molar-refractivity contribution in [2.45, 2.75) is 26.3 Å². The summed E-state index contributed by atoms with van der Waals surface area (Å²) in [7, 11) is 0. The molecule has 0 atom stereocenters. The lowest BCUT2D eigenvalue weighted by Gasteiger charge is -2.20. The van der Waals surface area contributed by atoms with Crippen LogP contribution < -0.4 is 10.6 Å². The van der Waals surface area contributed by atoms with Crippen molar-refractivity contribution in [1.29, 1.82) is 5.26 Å². The van der Waals surface area contributed by atoms with E-state index in [1.54, 1.807) is 0 Å². The first-order valence-electron chi connectivity index (χ1n) is 4.93. The normalized spacial score (nSPS) is 10.8. The second kappa shape index (κ2) is 5.34. The minimum Gasteiger partial charge on any atom is -0.352 e. The lowest BCUT2D eigenvalue weighted by atomic mass is 10.1. The van der Waals surface area contributed by atoms with Crippen LogP contribution in [0.15, 0.2) is 0 Å². The number of rotatable bonds is 3. The van der Waals surface area contributed by atoms with Crippen molar-refractivity contribution in [3.05, 3.63) is 10.0 Å². The molecule has 0 unspecified atom stereocenters. The van der Waals surface area contributed by atoms with Crippen molar-refractivity contribution in [2.24, 2.45) is 0 Å². The summed E-state index contributed by atoms with van der Waals surface area (Å²) in [6.45, 7) is 5.81. The van der Waals surface area contributed by atoms with E-state index in [1.807, 2.05) is 26.8 Å². The number of aromatic nitrogens is 1. The maximum absolute atomic E-state index is 11.5. The number of hydrogen-bond acceptors (Lipinski definition) is 5. The summed E-state index contributed by atoms with van der Waals surface area (Å²) in [6, 6.07) is 1.93. The summed E-state index contributed by atoms with van der Waals surface area (Å²) in [5.41, 5.74) is -0.267. The van der Waals surface area contributed by atoms with Crippen molar-refractivity contribution in [3.63, 3.8) is 0 Å². The van der Waals surface area contributed by atoms with E-state index < -0.39 is 0 Å². The summed E-state index contributed by atoms with van der Waals surface area (Å²) in [5, 5.41) is 14.9. The van der Waals surface area contributed by atoms with Gasteiger partial charge in [-0.3, -0.25) is 4.79 Å². The Morgan fingerprint density at radius 1 is 1.59 bits per heavy atom. The van der Waals surface area contributed by atoms with Gasteiger partial charge in [-0.25, -0.2) is 4.98 Å². The Bertz CT molecular complexity index is 458. The van der Waals surface area contributed by atoms with Crippen LogP contribution in [0.2, 0.25) is 5.15 Å². The van der Waals surface area contributed by atoms with Crippen molar-refractivity contribution >= 4 is 34.0 Å². The number of thiazole rings is 1. The minimum atomic E-state index is -0.267. The van der Waals surface area contributed by atoms with Crippen LogP contribution in [-0.4, -0.2) is 23.0 Å². The number of halogens is 1. The molecule has 17 heavy (non-hydrogen) atoms. The van der Waals surface area contributed by atoms with E-state index in [2.05, 4.69) is 15.6 Å². The second-order valence-electron chi connectivity index (χ2n) is 4.40. The first kappa shape index (κ1) is 13.7. The summed E-state index contributed by atoms with van der Waals surface area (Å²) in [6.07, 6.45) is 0. The van der Waals surface area contributed by atoms with E-state index in [-0.39, 0.29) is 23.1 Å². The predicted octanol–water partition coefficient (Wildman–Crippen LogP) is 1.99. The molecule has 2 N–H and O–H groups in total. The molecule has 0 fully saturated rings. The highest BCUT2D eigenvalue weighted by Gasteiger charge is 2.14. The van der Waals surface area contributed by atoms with Gasteiger partial charge in [0.05, 0.1) is 6.54 Å². The van der Waals surface area contributed by atoms with Gasteiger partial charge in [0, 0.05) is 5.54 Å². The predicted molar refractivity (Wildman–Crippen MR) is 68.2 cm³/mol. The topological polar surface area (TPSA) is 77.8 Å². The number of nitriles is 1. The van der Waals surface area contributed by atoms with E-state index in [9.17, 15) is 4.79 Å². The van der Waals surface area contributed by atoms with Crippen molar-refractivity contribution in [3.8, 4) is 6.07 Å². The second-order valence-corrected chi connectivity index (χ2v) is 5.76. The molecule has 1 aromatic rings. The molecule has 0 aliphatic rings. The zero-order valence-electron chi connectivity index (χ0n) is 9.80. The number of carbonyl (C=O) groups is 1. The van der Waals surface area contributed by atoms with Crippen LogP contribution in [0.3, 0.4) is 0 Å². The maximum Gasteiger partial charge on any atom is 0.239 e. The molecule has 0 spiro atoms. The molecular weight excluding hydrogens is 260 g/mol. The molecule has 1 heterocycles. The van der Waals surface area contributed by atoms with Crippen LogP contribution in [0.25, 0.3) is 0 Å². The fourth-order valence-electron chi connectivity index (χ4n) is 1.06. The van der Waals surface area contributed by atoms with Gasteiger partial charge in [-0.2, -0.15) is 5.26 Å². The molecule has 0 saturated heterocycles. The van der Waals surface area contributed by atoms with Crippen LogP contribution in [0.1, 0.15) is 25.6 Å². The van der Waals surface area contributed by atoms with Gasteiger partial charge in [-0.05, 0) is 20.8 Å². The summed E-state index contributed by atoms with van der Waals surface area (Å²) in [4.78, 5) is 15.8. The molecule has 5 nitrogen and oxygen atoms in total. The van der Waals surface area contributed by atoms with Gasteiger partial charge in [0.15, 0.2) is 10.3 Å². The van der Waals surface area contributed by atoms with Crippen LogP contribution in [0.4, 0.5) is 5.13 Å². The monoisotopic (exact) mass is 272 g/mol. The van der Waals surface area contributed by atoms with E-state index in [0.717, 1.165) is 11.3 Å². The summed E-state index contributed by atoms with van der Waals surface area (Å²) in [5.74, 6) is -0.137. The summed E-state index contributed by atoms with van der Waals surface area (Å²) >= 11 is 6.83.